The Morgan fingerprint density at radius 1 is 1.09 bits per heavy atom. The van der Waals surface area contributed by atoms with E-state index in [9.17, 15) is 9.18 Å². The Bertz CT molecular complexity index is 655. The van der Waals surface area contributed by atoms with Crippen molar-refractivity contribution in [3.05, 3.63) is 59.9 Å². The van der Waals surface area contributed by atoms with Gasteiger partial charge in [0.05, 0.1) is 0 Å². The minimum atomic E-state index is -0.678. The number of benzene rings is 2. The van der Waals surface area contributed by atoms with Crippen molar-refractivity contribution in [3.63, 3.8) is 0 Å². The molecule has 22 heavy (non-hydrogen) atoms. The summed E-state index contributed by atoms with van der Waals surface area (Å²) in [6, 6.07) is 13.4. The van der Waals surface area contributed by atoms with Crippen molar-refractivity contribution in [3.8, 4) is 5.75 Å². The van der Waals surface area contributed by atoms with Gasteiger partial charge in [-0.05, 0) is 42.7 Å². The lowest BCUT2D eigenvalue weighted by molar-refractivity contribution is -0.122. The van der Waals surface area contributed by atoms with Crippen LogP contribution in [0.3, 0.4) is 0 Å². The van der Waals surface area contributed by atoms with Gasteiger partial charge in [0.25, 0.3) is 5.91 Å². The standard InChI is InChI=1S/C18H20FNO2/c1-12(2)16-9-4-5-10-17(16)22-13(3)18(21)20-15-8-6-7-14(19)11-15/h4-13H,1-3H3,(H,20,21)/t13-/m0/s1. The maximum absolute atomic E-state index is 13.1. The molecule has 2 aromatic rings. The molecule has 0 radical (unpaired) electrons. The number of ether oxygens (including phenoxy) is 1. The van der Waals surface area contributed by atoms with Crippen LogP contribution < -0.4 is 10.1 Å². The quantitative estimate of drug-likeness (QED) is 0.891. The fourth-order valence-electron chi connectivity index (χ4n) is 2.12. The van der Waals surface area contributed by atoms with Crippen molar-refractivity contribution in [2.24, 2.45) is 0 Å². The molecule has 2 rings (SSSR count). The van der Waals surface area contributed by atoms with E-state index in [1.165, 1.54) is 12.1 Å². The van der Waals surface area contributed by atoms with Crippen LogP contribution in [0.4, 0.5) is 10.1 Å². The summed E-state index contributed by atoms with van der Waals surface area (Å²) in [6.45, 7) is 5.81. The highest BCUT2D eigenvalue weighted by Gasteiger charge is 2.17. The van der Waals surface area contributed by atoms with Crippen LogP contribution in [0.1, 0.15) is 32.3 Å². The number of rotatable bonds is 5. The Labute approximate surface area is 130 Å². The molecule has 0 bridgehead atoms. The van der Waals surface area contributed by atoms with Crippen molar-refractivity contribution in [2.75, 3.05) is 5.32 Å². The molecule has 4 heteroatoms. The third-order valence-electron chi connectivity index (χ3n) is 3.31. The maximum atomic E-state index is 13.1. The smallest absolute Gasteiger partial charge is 0.265 e. The zero-order valence-electron chi connectivity index (χ0n) is 13.0. The average molecular weight is 301 g/mol. The van der Waals surface area contributed by atoms with Crippen LogP contribution in [-0.2, 0) is 4.79 Å². The summed E-state index contributed by atoms with van der Waals surface area (Å²) in [5, 5.41) is 2.65. The van der Waals surface area contributed by atoms with E-state index < -0.39 is 11.9 Å². The SMILES string of the molecule is CC(C)c1ccccc1O[C@@H](C)C(=O)Nc1cccc(F)c1. The van der Waals surface area contributed by atoms with Crippen molar-refractivity contribution in [1.29, 1.82) is 0 Å². The molecule has 1 N–H and O–H groups in total. The van der Waals surface area contributed by atoms with Gasteiger partial charge in [0, 0.05) is 5.69 Å². The average Bonchev–Trinajstić information content (AvgIpc) is 2.47. The number of nitrogens with one attached hydrogen (secondary N) is 1. The second-order valence-electron chi connectivity index (χ2n) is 5.45. The molecule has 0 aromatic heterocycles. The number of para-hydroxylation sites is 1. The number of anilines is 1. The van der Waals surface area contributed by atoms with Crippen molar-refractivity contribution in [2.45, 2.75) is 32.8 Å². The molecule has 0 aliphatic rings. The molecule has 0 saturated heterocycles. The molecule has 0 heterocycles. The van der Waals surface area contributed by atoms with E-state index >= 15 is 0 Å². The number of hydrogen-bond acceptors (Lipinski definition) is 2. The number of carbonyl (C=O) groups is 1. The van der Waals surface area contributed by atoms with Crippen LogP contribution in [-0.4, -0.2) is 12.0 Å². The number of amides is 1. The highest BCUT2D eigenvalue weighted by Crippen LogP contribution is 2.26. The van der Waals surface area contributed by atoms with Gasteiger partial charge >= 0.3 is 0 Å². The lowest BCUT2D eigenvalue weighted by Gasteiger charge is -2.18. The summed E-state index contributed by atoms with van der Waals surface area (Å²) in [5.41, 5.74) is 1.46. The zero-order chi connectivity index (χ0) is 16.1. The number of hydrogen-bond donors (Lipinski definition) is 1. The van der Waals surface area contributed by atoms with E-state index in [0.29, 0.717) is 17.4 Å². The summed E-state index contributed by atoms with van der Waals surface area (Å²) in [6.07, 6.45) is -0.678. The Balaban J connectivity index is 2.06. The first-order valence-electron chi connectivity index (χ1n) is 7.29. The molecule has 0 spiro atoms. The third kappa shape index (κ3) is 4.07. The fourth-order valence-corrected chi connectivity index (χ4v) is 2.12. The topological polar surface area (TPSA) is 38.3 Å². The maximum Gasteiger partial charge on any atom is 0.265 e. The highest BCUT2D eigenvalue weighted by molar-refractivity contribution is 5.94. The van der Waals surface area contributed by atoms with Gasteiger partial charge in [-0.1, -0.05) is 38.1 Å². The van der Waals surface area contributed by atoms with Crippen molar-refractivity contribution >= 4 is 11.6 Å². The summed E-state index contributed by atoms with van der Waals surface area (Å²) < 4.78 is 18.9. The van der Waals surface area contributed by atoms with Gasteiger partial charge in [-0.15, -0.1) is 0 Å². The summed E-state index contributed by atoms with van der Waals surface area (Å²) in [5.74, 6) is 0.287. The monoisotopic (exact) mass is 301 g/mol. The lowest BCUT2D eigenvalue weighted by Crippen LogP contribution is -2.30. The van der Waals surface area contributed by atoms with Gasteiger partial charge in [0.15, 0.2) is 6.10 Å². The van der Waals surface area contributed by atoms with Gasteiger partial charge in [-0.25, -0.2) is 4.39 Å². The Hall–Kier alpha value is -2.36. The van der Waals surface area contributed by atoms with Crippen LogP contribution in [0.5, 0.6) is 5.75 Å². The predicted octanol–water partition coefficient (Wildman–Crippen LogP) is 4.36. The molecule has 0 aliphatic carbocycles. The Kier molecular flexibility index (Phi) is 5.15. The van der Waals surface area contributed by atoms with E-state index in [2.05, 4.69) is 19.2 Å². The van der Waals surface area contributed by atoms with Crippen LogP contribution in [0.25, 0.3) is 0 Å². The molecule has 0 aliphatic heterocycles. The molecule has 116 valence electrons. The summed E-state index contributed by atoms with van der Waals surface area (Å²) in [4.78, 5) is 12.2. The van der Waals surface area contributed by atoms with E-state index in [1.807, 2.05) is 24.3 Å². The Morgan fingerprint density at radius 3 is 2.50 bits per heavy atom. The largest absolute Gasteiger partial charge is 0.481 e. The summed E-state index contributed by atoms with van der Waals surface area (Å²) >= 11 is 0. The molecule has 1 atom stereocenters. The number of carbonyl (C=O) groups excluding carboxylic acids is 1. The van der Waals surface area contributed by atoms with Crippen molar-refractivity contribution in [1.82, 2.24) is 0 Å². The zero-order valence-corrected chi connectivity index (χ0v) is 13.0. The van der Waals surface area contributed by atoms with E-state index in [0.717, 1.165) is 5.56 Å². The molecule has 0 unspecified atom stereocenters. The Morgan fingerprint density at radius 2 is 1.82 bits per heavy atom. The van der Waals surface area contributed by atoms with Crippen LogP contribution in [0.15, 0.2) is 48.5 Å². The molecular formula is C18H20FNO2. The third-order valence-corrected chi connectivity index (χ3v) is 3.31. The molecule has 0 saturated carbocycles. The second kappa shape index (κ2) is 7.07. The lowest BCUT2D eigenvalue weighted by atomic mass is 10.0. The van der Waals surface area contributed by atoms with Crippen molar-refractivity contribution < 1.29 is 13.9 Å². The fraction of sp³-hybridized carbons (Fsp3) is 0.278. The minimum Gasteiger partial charge on any atom is -0.481 e. The van der Waals surface area contributed by atoms with Gasteiger partial charge in [-0.3, -0.25) is 4.79 Å². The highest BCUT2D eigenvalue weighted by atomic mass is 19.1. The first-order chi connectivity index (χ1) is 10.5. The van der Waals surface area contributed by atoms with E-state index in [-0.39, 0.29) is 5.91 Å². The van der Waals surface area contributed by atoms with E-state index in [1.54, 1.807) is 19.1 Å². The molecule has 3 nitrogen and oxygen atoms in total. The first kappa shape index (κ1) is 16.0. The normalized spacial score (nSPS) is 12.0. The summed E-state index contributed by atoms with van der Waals surface area (Å²) in [7, 11) is 0. The van der Waals surface area contributed by atoms with Crippen LogP contribution in [0.2, 0.25) is 0 Å². The molecular weight excluding hydrogens is 281 g/mol. The first-order valence-corrected chi connectivity index (χ1v) is 7.29. The van der Waals surface area contributed by atoms with E-state index in [4.69, 9.17) is 4.74 Å². The molecule has 1 amide bonds. The van der Waals surface area contributed by atoms with Gasteiger partial charge in [-0.2, -0.15) is 0 Å². The van der Waals surface area contributed by atoms with Crippen LogP contribution >= 0.6 is 0 Å². The predicted molar refractivity (Wildman–Crippen MR) is 85.7 cm³/mol. The molecule has 0 fully saturated rings. The van der Waals surface area contributed by atoms with Crippen LogP contribution in [0, 0.1) is 5.82 Å². The van der Waals surface area contributed by atoms with Gasteiger partial charge < -0.3 is 10.1 Å². The minimum absolute atomic E-state index is 0.301. The molecule has 2 aromatic carbocycles. The van der Waals surface area contributed by atoms with Gasteiger partial charge in [0.2, 0.25) is 0 Å². The second-order valence-corrected chi connectivity index (χ2v) is 5.45. The van der Waals surface area contributed by atoms with Gasteiger partial charge in [0.1, 0.15) is 11.6 Å². The number of halogens is 1.